The predicted molar refractivity (Wildman–Crippen MR) is 285 cm³/mol. The van der Waals surface area contributed by atoms with Gasteiger partial charge in [0.15, 0.2) is 11.5 Å². The van der Waals surface area contributed by atoms with Crippen molar-refractivity contribution in [2.75, 3.05) is 0 Å². The first-order valence-electron chi connectivity index (χ1n) is 27.4. The van der Waals surface area contributed by atoms with Gasteiger partial charge in [-0.25, -0.2) is 0 Å². The third-order valence-electron chi connectivity index (χ3n) is 17.3. The predicted octanol–water partition coefficient (Wildman–Crippen LogP) is 17.2. The number of phenols is 1. The van der Waals surface area contributed by atoms with E-state index in [0.717, 1.165) is 73.4 Å². The number of carbonyl (C=O) groups excluding carboxylic acids is 2. The van der Waals surface area contributed by atoms with Crippen molar-refractivity contribution in [1.29, 1.82) is 0 Å². The molecule has 9 rings (SSSR count). The zero-order valence-corrected chi connectivity index (χ0v) is 46.5. The molecular formula is C62H94O8. The molecule has 6 aliphatic rings. The van der Waals surface area contributed by atoms with Crippen LogP contribution < -0.4 is 14.2 Å². The molecule has 0 radical (unpaired) electrons. The molecule has 8 heteroatoms. The zero-order chi connectivity index (χ0) is 51.8. The molecule has 390 valence electrons. The van der Waals surface area contributed by atoms with E-state index in [-0.39, 0.29) is 34.0 Å². The van der Waals surface area contributed by atoms with Crippen LogP contribution in [0.25, 0.3) is 0 Å². The van der Waals surface area contributed by atoms with Gasteiger partial charge in [-0.2, -0.15) is 0 Å². The van der Waals surface area contributed by atoms with E-state index in [1.165, 1.54) is 56.1 Å². The van der Waals surface area contributed by atoms with E-state index in [0.29, 0.717) is 41.3 Å². The lowest BCUT2D eigenvalue weighted by Gasteiger charge is -2.62. The maximum Gasteiger partial charge on any atom is 0.312 e. The molecule has 1 aliphatic heterocycles. The molecular weight excluding hydrogens is 873 g/mol. The summed E-state index contributed by atoms with van der Waals surface area (Å²) >= 11 is 0. The monoisotopic (exact) mass is 967 g/mol. The highest BCUT2D eigenvalue weighted by atomic mass is 16.7. The lowest BCUT2D eigenvalue weighted by atomic mass is 9.47. The Morgan fingerprint density at radius 2 is 1.06 bits per heavy atom. The standard InChI is InChI=1S/C19H22O3.C19H32O2.C14H26O2.C10H14O/c1-5-13(2)14-6-8-15(9-7-14)20-16-10-11-17-18(12-16)22-19(3,4)21-17;1-6-18(4,5)17(20)21-19(12(2)3)15-8-13-7-14(10-15)11-16(19)9-13;1-6-13(4,5)12(15)16-14(11(2)3)9-7-8-10-14;1-3-8(2)9-4-6-10(11)7-5-9/h6-13H,5H2,1-4H3;12-16H,6-11H2,1-5H3;11H,6-10H2,1-5H3;4-8,11H,3H2,1-2H3. The van der Waals surface area contributed by atoms with Gasteiger partial charge in [0.2, 0.25) is 5.79 Å². The van der Waals surface area contributed by atoms with E-state index in [1.807, 2.05) is 90.9 Å². The van der Waals surface area contributed by atoms with Crippen LogP contribution in [0.1, 0.15) is 217 Å². The number of aromatic hydroxyl groups is 1. The van der Waals surface area contributed by atoms with E-state index in [4.69, 9.17) is 28.8 Å². The molecule has 1 heterocycles. The first kappa shape index (κ1) is 56.7. The first-order valence-corrected chi connectivity index (χ1v) is 27.4. The second-order valence-corrected chi connectivity index (χ2v) is 24.1. The Morgan fingerprint density at radius 1 is 0.614 bits per heavy atom. The molecule has 1 N–H and O–H groups in total. The molecule has 70 heavy (non-hydrogen) atoms. The fraction of sp³-hybridized carbons (Fsp3) is 0.677. The molecule has 5 saturated carbocycles. The maximum absolute atomic E-state index is 12.8. The minimum absolute atomic E-state index is 0.0226. The second kappa shape index (κ2) is 23.6. The van der Waals surface area contributed by atoms with E-state index in [1.54, 1.807) is 12.1 Å². The number of esters is 2. The van der Waals surface area contributed by atoms with Gasteiger partial charge in [-0.1, -0.05) is 93.5 Å². The Kier molecular flexibility index (Phi) is 19.1. The number of hydrogen-bond donors (Lipinski definition) is 1. The highest BCUT2D eigenvalue weighted by Gasteiger charge is 2.61. The Morgan fingerprint density at radius 3 is 1.50 bits per heavy atom. The summed E-state index contributed by atoms with van der Waals surface area (Å²) in [6, 6.07) is 21.3. The van der Waals surface area contributed by atoms with Crippen molar-refractivity contribution in [3.63, 3.8) is 0 Å². The SMILES string of the molecule is CCC(C)(C)C(=O)OC1(C(C)C)C2CC3CC(C2)CC1C3.CCC(C)(C)C(=O)OC1(C(C)C)CCCC1.CCC(C)c1ccc(O)cc1.CCC(C)c1ccc(Oc2ccc3c(c2)OC(C)(C)O3)cc1. The van der Waals surface area contributed by atoms with Crippen molar-refractivity contribution in [1.82, 2.24) is 0 Å². The third-order valence-corrected chi connectivity index (χ3v) is 17.3. The second-order valence-electron chi connectivity index (χ2n) is 24.1. The van der Waals surface area contributed by atoms with E-state index in [9.17, 15) is 9.59 Å². The summed E-state index contributed by atoms with van der Waals surface area (Å²) in [7, 11) is 0. The minimum Gasteiger partial charge on any atom is -0.508 e. The molecule has 2 atom stereocenters. The molecule has 5 fully saturated rings. The highest BCUT2D eigenvalue weighted by Crippen LogP contribution is 2.62. The average Bonchev–Trinajstić information content (AvgIpc) is 3.93. The topological polar surface area (TPSA) is 101 Å². The number of carbonyl (C=O) groups is 2. The molecule has 3 aromatic carbocycles. The van der Waals surface area contributed by atoms with Gasteiger partial charge in [0.1, 0.15) is 28.5 Å². The van der Waals surface area contributed by atoms with Crippen molar-refractivity contribution < 1.29 is 38.4 Å². The van der Waals surface area contributed by atoms with Crippen LogP contribution in [0.4, 0.5) is 0 Å². The van der Waals surface area contributed by atoms with Gasteiger partial charge in [0, 0.05) is 19.9 Å². The third kappa shape index (κ3) is 13.6. The van der Waals surface area contributed by atoms with Gasteiger partial charge in [0.25, 0.3) is 0 Å². The van der Waals surface area contributed by atoms with Crippen LogP contribution in [0.15, 0.2) is 66.7 Å². The van der Waals surface area contributed by atoms with Gasteiger partial charge in [-0.3, -0.25) is 9.59 Å². The van der Waals surface area contributed by atoms with Crippen LogP contribution in [0.3, 0.4) is 0 Å². The number of rotatable bonds is 14. The lowest BCUT2D eigenvalue weighted by Crippen LogP contribution is -2.63. The summed E-state index contributed by atoms with van der Waals surface area (Å²) in [5, 5.41) is 9.01. The van der Waals surface area contributed by atoms with Crippen molar-refractivity contribution in [2.24, 2.45) is 46.3 Å². The number of benzene rings is 3. The Hall–Kier alpha value is -4.20. The minimum atomic E-state index is -0.612. The Balaban J connectivity index is 0.000000179. The molecule has 0 aromatic heterocycles. The van der Waals surface area contributed by atoms with Crippen molar-refractivity contribution in [3.8, 4) is 28.7 Å². The zero-order valence-electron chi connectivity index (χ0n) is 46.5. The van der Waals surface area contributed by atoms with Crippen LogP contribution in [-0.2, 0) is 19.1 Å². The fourth-order valence-corrected chi connectivity index (χ4v) is 11.4. The smallest absolute Gasteiger partial charge is 0.312 e. The molecule has 4 bridgehead atoms. The van der Waals surface area contributed by atoms with E-state index >= 15 is 0 Å². The maximum atomic E-state index is 12.8. The van der Waals surface area contributed by atoms with Crippen LogP contribution >= 0.6 is 0 Å². The Labute approximate surface area is 424 Å². The number of hydrogen-bond acceptors (Lipinski definition) is 8. The molecule has 3 aromatic rings. The quantitative estimate of drug-likeness (QED) is 0.160. The first-order chi connectivity index (χ1) is 32.8. The Bertz CT molecular complexity index is 2090. The molecule has 2 unspecified atom stereocenters. The normalized spacial score (nSPS) is 24.3. The van der Waals surface area contributed by atoms with E-state index in [2.05, 4.69) is 74.4 Å². The summed E-state index contributed by atoms with van der Waals surface area (Å²) in [5.41, 5.74) is 1.59. The molecule has 0 saturated heterocycles. The number of phenolic OH excluding ortho intramolecular Hbond substituents is 1. The average molecular weight is 967 g/mol. The highest BCUT2D eigenvalue weighted by molar-refractivity contribution is 5.77. The van der Waals surface area contributed by atoms with Crippen LogP contribution in [0.2, 0.25) is 0 Å². The van der Waals surface area contributed by atoms with Gasteiger partial charge in [-0.15, -0.1) is 0 Å². The van der Waals surface area contributed by atoms with Gasteiger partial charge >= 0.3 is 11.9 Å². The lowest BCUT2D eigenvalue weighted by molar-refractivity contribution is -0.231. The number of fused-ring (bicyclic) bond motifs is 1. The molecule has 0 amide bonds. The van der Waals surface area contributed by atoms with Crippen LogP contribution in [0, 0.1) is 46.3 Å². The van der Waals surface area contributed by atoms with Gasteiger partial charge in [0.05, 0.1) is 10.8 Å². The molecule has 0 spiro atoms. The molecule has 8 nitrogen and oxygen atoms in total. The fourth-order valence-electron chi connectivity index (χ4n) is 11.4. The molecule has 5 aliphatic carbocycles. The van der Waals surface area contributed by atoms with Crippen molar-refractivity contribution in [3.05, 3.63) is 77.9 Å². The van der Waals surface area contributed by atoms with Gasteiger partial charge in [-0.05, 0) is 206 Å². The summed E-state index contributed by atoms with van der Waals surface area (Å²) in [4.78, 5) is 24.9. The largest absolute Gasteiger partial charge is 0.508 e. The van der Waals surface area contributed by atoms with Crippen LogP contribution in [0.5, 0.6) is 28.7 Å². The van der Waals surface area contributed by atoms with Gasteiger partial charge < -0.3 is 28.8 Å². The van der Waals surface area contributed by atoms with Crippen LogP contribution in [-0.4, -0.2) is 34.0 Å². The van der Waals surface area contributed by atoms with E-state index < -0.39 is 5.79 Å². The van der Waals surface area contributed by atoms with Crippen molar-refractivity contribution in [2.45, 2.75) is 223 Å². The summed E-state index contributed by atoms with van der Waals surface area (Å²) in [6.07, 6.45) is 15.0. The number of ether oxygens (including phenoxy) is 5. The van der Waals surface area contributed by atoms with Crippen molar-refractivity contribution >= 4 is 11.9 Å². The summed E-state index contributed by atoms with van der Waals surface area (Å²) in [5.74, 6) is 7.87. The summed E-state index contributed by atoms with van der Waals surface area (Å²) in [6.45, 7) is 33.6. The summed E-state index contributed by atoms with van der Waals surface area (Å²) < 4.78 is 29.6.